The summed E-state index contributed by atoms with van der Waals surface area (Å²) >= 11 is 1.41. The van der Waals surface area contributed by atoms with E-state index in [4.69, 9.17) is 20.4 Å². The number of thioether (sulfide) groups is 1. The van der Waals surface area contributed by atoms with Gasteiger partial charge in [-0.3, -0.25) is 0 Å². The monoisotopic (exact) mass is 141 g/mol. The maximum absolute atomic E-state index is 8.36. The zero-order valence-electron chi connectivity index (χ0n) is 4.27. The van der Waals surface area contributed by atoms with Crippen molar-refractivity contribution in [1.29, 1.82) is 0 Å². The molecule has 0 aliphatic heterocycles. The summed E-state index contributed by atoms with van der Waals surface area (Å²) in [5, 5.41) is 21.5. The predicted octanol–water partition coefficient (Wildman–Crippen LogP) is -0.0485. The van der Waals surface area contributed by atoms with Gasteiger partial charge in [0.1, 0.15) is 0 Å². The second-order valence-electron chi connectivity index (χ2n) is 0.656. The van der Waals surface area contributed by atoms with Crippen LogP contribution in [0.25, 0.3) is 0 Å². The lowest BCUT2D eigenvalue weighted by atomic mass is 11.7. The van der Waals surface area contributed by atoms with Crippen LogP contribution in [0.15, 0.2) is 0 Å². The Kier molecular flexibility index (Phi) is 12.7. The van der Waals surface area contributed by atoms with Crippen LogP contribution >= 0.6 is 11.8 Å². The maximum atomic E-state index is 8.36. The summed E-state index contributed by atoms with van der Waals surface area (Å²) in [7, 11) is 0. The van der Waals surface area contributed by atoms with E-state index in [1.54, 1.807) is 0 Å². The molecule has 0 spiro atoms. The van der Waals surface area contributed by atoms with E-state index < -0.39 is 5.09 Å². The van der Waals surface area contributed by atoms with E-state index in [1.807, 2.05) is 6.26 Å². The molecule has 0 aromatic heterocycles. The van der Waals surface area contributed by atoms with Crippen LogP contribution in [-0.4, -0.2) is 27.6 Å². The van der Waals surface area contributed by atoms with E-state index in [9.17, 15) is 0 Å². The van der Waals surface area contributed by atoms with Crippen molar-refractivity contribution in [2.45, 2.75) is 0 Å². The van der Waals surface area contributed by atoms with Gasteiger partial charge in [0.15, 0.2) is 0 Å². The Hall–Kier alpha value is -0.490. The standard InChI is InChI=1S/C2H6OS.HNO3/c1-4-2-3;2-1(3)4/h3H,2H2,1H3;(H,2,3,4). The van der Waals surface area contributed by atoms with Crippen molar-refractivity contribution in [3.05, 3.63) is 10.1 Å². The Morgan fingerprint density at radius 3 is 2.00 bits per heavy atom. The Balaban J connectivity index is 0. The first-order valence-electron chi connectivity index (χ1n) is 1.58. The molecule has 0 bridgehead atoms. The van der Waals surface area contributed by atoms with Gasteiger partial charge in [0.05, 0.1) is 5.94 Å². The Morgan fingerprint density at radius 2 is 2.00 bits per heavy atom. The van der Waals surface area contributed by atoms with Crippen molar-refractivity contribution in [3.63, 3.8) is 0 Å². The molecule has 0 heterocycles. The molecule has 0 aliphatic carbocycles. The van der Waals surface area contributed by atoms with Crippen molar-refractivity contribution in [1.82, 2.24) is 0 Å². The second-order valence-corrected chi connectivity index (χ2v) is 1.49. The highest BCUT2D eigenvalue weighted by Gasteiger charge is 1.65. The van der Waals surface area contributed by atoms with Crippen molar-refractivity contribution < 1.29 is 15.4 Å². The van der Waals surface area contributed by atoms with Gasteiger partial charge < -0.3 is 10.3 Å². The minimum absolute atomic E-state index is 0.236. The van der Waals surface area contributed by atoms with Gasteiger partial charge in [0, 0.05) is 0 Å². The Morgan fingerprint density at radius 1 is 1.88 bits per heavy atom. The lowest BCUT2D eigenvalue weighted by molar-refractivity contribution is -0.742. The highest BCUT2D eigenvalue weighted by atomic mass is 32.2. The summed E-state index contributed by atoms with van der Waals surface area (Å²) in [4.78, 5) is 8.36. The molecule has 0 aromatic rings. The van der Waals surface area contributed by atoms with Crippen LogP contribution in [0.1, 0.15) is 0 Å². The van der Waals surface area contributed by atoms with Crippen LogP contribution in [0.2, 0.25) is 0 Å². The van der Waals surface area contributed by atoms with Gasteiger partial charge in [-0.05, 0) is 6.26 Å². The first-order valence-corrected chi connectivity index (χ1v) is 2.97. The number of aliphatic hydroxyl groups excluding tert-OH is 1. The zero-order chi connectivity index (χ0) is 6.99. The molecule has 50 valence electrons. The largest absolute Gasteiger partial charge is 0.386 e. The third-order valence-corrected chi connectivity index (χ3v) is 0.387. The van der Waals surface area contributed by atoms with Gasteiger partial charge >= 0.3 is 0 Å². The minimum Gasteiger partial charge on any atom is -0.386 e. The van der Waals surface area contributed by atoms with Crippen LogP contribution in [-0.2, 0) is 0 Å². The molecule has 2 N–H and O–H groups in total. The molecule has 0 saturated carbocycles. The fraction of sp³-hybridized carbons (Fsp3) is 1.00. The molecule has 0 aliphatic rings. The fourth-order valence-corrected chi connectivity index (χ4v) is 0. The van der Waals surface area contributed by atoms with Gasteiger partial charge in [-0.1, -0.05) is 0 Å². The quantitative estimate of drug-likeness (QED) is 0.304. The molecule has 0 atom stereocenters. The summed E-state index contributed by atoms with van der Waals surface area (Å²) in [6, 6.07) is 0. The normalized spacial score (nSPS) is 6.75. The molecular weight excluding hydrogens is 134 g/mol. The van der Waals surface area contributed by atoms with E-state index in [2.05, 4.69) is 0 Å². The van der Waals surface area contributed by atoms with E-state index in [0.717, 1.165) is 0 Å². The van der Waals surface area contributed by atoms with Gasteiger partial charge in [0.2, 0.25) is 0 Å². The highest BCUT2D eigenvalue weighted by molar-refractivity contribution is 7.98. The summed E-state index contributed by atoms with van der Waals surface area (Å²) in [6.07, 6.45) is 1.85. The SMILES string of the molecule is CSCO.O=[N+]([O-])O. The Labute approximate surface area is 50.4 Å². The molecular formula is C2H7NO4S. The smallest absolute Gasteiger partial charge is 0.291 e. The summed E-state index contributed by atoms with van der Waals surface area (Å²) in [5.74, 6) is 0.236. The van der Waals surface area contributed by atoms with E-state index in [1.165, 1.54) is 11.8 Å². The van der Waals surface area contributed by atoms with Crippen molar-refractivity contribution >= 4 is 11.8 Å². The number of hydrogen-bond acceptors (Lipinski definition) is 4. The molecule has 0 saturated heterocycles. The lowest BCUT2D eigenvalue weighted by Crippen LogP contribution is -1.81. The fourth-order valence-electron chi connectivity index (χ4n) is 0. The minimum atomic E-state index is -1.50. The average Bonchev–Trinajstić information content (AvgIpc) is 1.65. The summed E-state index contributed by atoms with van der Waals surface area (Å²) < 4.78 is 0. The van der Waals surface area contributed by atoms with Crippen LogP contribution in [0.3, 0.4) is 0 Å². The number of rotatable bonds is 1. The second kappa shape index (κ2) is 9.72. The lowest BCUT2D eigenvalue weighted by Gasteiger charge is -1.70. The summed E-state index contributed by atoms with van der Waals surface area (Å²) in [6.45, 7) is 0. The van der Waals surface area contributed by atoms with Crippen LogP contribution < -0.4 is 0 Å². The van der Waals surface area contributed by atoms with Crippen LogP contribution in [0.5, 0.6) is 0 Å². The molecule has 8 heavy (non-hydrogen) atoms. The van der Waals surface area contributed by atoms with Crippen LogP contribution in [0, 0.1) is 10.1 Å². The molecule has 0 radical (unpaired) electrons. The van der Waals surface area contributed by atoms with E-state index in [-0.39, 0.29) is 5.94 Å². The third kappa shape index (κ3) is 431. The van der Waals surface area contributed by atoms with Gasteiger partial charge in [-0.15, -0.1) is 21.9 Å². The molecule has 0 fully saturated rings. The number of aliphatic hydroxyl groups is 1. The average molecular weight is 141 g/mol. The third-order valence-electron chi connectivity index (χ3n) is 0.129. The van der Waals surface area contributed by atoms with Crippen LogP contribution in [0.4, 0.5) is 0 Å². The van der Waals surface area contributed by atoms with Crippen molar-refractivity contribution in [2.75, 3.05) is 12.2 Å². The molecule has 0 aromatic carbocycles. The zero-order valence-corrected chi connectivity index (χ0v) is 5.09. The first-order chi connectivity index (χ1) is 3.65. The topological polar surface area (TPSA) is 83.6 Å². The maximum Gasteiger partial charge on any atom is 0.291 e. The predicted molar refractivity (Wildman–Crippen MR) is 29.4 cm³/mol. The molecule has 0 rings (SSSR count). The van der Waals surface area contributed by atoms with Gasteiger partial charge in [-0.25, -0.2) is 0 Å². The van der Waals surface area contributed by atoms with E-state index in [0.29, 0.717) is 0 Å². The van der Waals surface area contributed by atoms with Gasteiger partial charge in [0.25, 0.3) is 5.09 Å². The molecule has 0 unspecified atom stereocenters. The highest BCUT2D eigenvalue weighted by Crippen LogP contribution is 1.80. The van der Waals surface area contributed by atoms with Crippen molar-refractivity contribution in [2.24, 2.45) is 0 Å². The molecule has 5 nitrogen and oxygen atoms in total. The molecule has 6 heteroatoms. The van der Waals surface area contributed by atoms with Crippen molar-refractivity contribution in [3.8, 4) is 0 Å². The number of nitrogens with zero attached hydrogens (tertiary/aromatic N) is 1. The number of hydrogen-bond donors (Lipinski definition) is 2. The Bertz CT molecular complexity index is 52.0. The van der Waals surface area contributed by atoms with Gasteiger partial charge in [-0.2, -0.15) is 0 Å². The molecule has 0 amide bonds. The first kappa shape index (κ1) is 10.5. The van der Waals surface area contributed by atoms with E-state index >= 15 is 0 Å². The summed E-state index contributed by atoms with van der Waals surface area (Å²) in [5.41, 5.74) is 0.